The van der Waals surface area contributed by atoms with E-state index in [1.54, 1.807) is 0 Å². The van der Waals surface area contributed by atoms with Crippen LogP contribution in [0.25, 0.3) is 0 Å². The van der Waals surface area contributed by atoms with Gasteiger partial charge in [-0.1, -0.05) is 12.1 Å². The second-order valence-corrected chi connectivity index (χ2v) is 5.68. The molecular weight excluding hydrogens is 378 g/mol. The second kappa shape index (κ2) is 8.96. The Kier molecular flexibility index (Phi) is 6.68. The fraction of sp³-hybridized carbons (Fsp3) is 0.188. The van der Waals surface area contributed by atoms with Crippen molar-refractivity contribution >= 4 is 34.8 Å². The molecule has 0 aliphatic rings. The predicted molar refractivity (Wildman–Crippen MR) is 95.5 cm³/mol. The lowest BCUT2D eigenvalue weighted by Gasteiger charge is -2.25. The molecule has 0 spiro atoms. The minimum Gasteiger partial charge on any atom is -0.755 e. The van der Waals surface area contributed by atoms with Gasteiger partial charge in [-0.3, -0.25) is 9.53 Å². The van der Waals surface area contributed by atoms with E-state index in [1.807, 2.05) is 0 Å². The molecule has 1 aromatic carbocycles. The van der Waals surface area contributed by atoms with Crippen LogP contribution in [0.2, 0.25) is 0 Å². The monoisotopic (exact) mass is 394 g/mol. The third-order valence-corrected chi connectivity index (χ3v) is 3.98. The van der Waals surface area contributed by atoms with Crippen LogP contribution in [0.4, 0.5) is 16.3 Å². The summed E-state index contributed by atoms with van der Waals surface area (Å²) in [4.78, 5) is 28.4. The molecule has 11 heteroatoms. The first kappa shape index (κ1) is 20.1. The van der Waals surface area contributed by atoms with Crippen LogP contribution in [0.1, 0.15) is 10.4 Å². The van der Waals surface area contributed by atoms with Gasteiger partial charge in [-0.15, -0.1) is 0 Å². The maximum absolute atomic E-state index is 12.6. The first-order chi connectivity index (χ1) is 12.9. The summed E-state index contributed by atoms with van der Waals surface area (Å²) in [7, 11) is 3.93. The van der Waals surface area contributed by atoms with Crippen molar-refractivity contribution in [2.45, 2.75) is 0 Å². The maximum atomic E-state index is 12.6. The number of amides is 2. The fourth-order valence-corrected chi connectivity index (χ4v) is 2.62. The zero-order valence-corrected chi connectivity index (χ0v) is 15.4. The van der Waals surface area contributed by atoms with Crippen LogP contribution in [0.5, 0.6) is 11.6 Å². The number of carbonyl (C=O) groups is 2. The van der Waals surface area contributed by atoms with E-state index < -0.39 is 23.3 Å². The Hall–Kier alpha value is -3.18. The van der Waals surface area contributed by atoms with E-state index in [9.17, 15) is 18.4 Å². The van der Waals surface area contributed by atoms with Gasteiger partial charge in [-0.05, 0) is 12.1 Å². The molecule has 2 amide bonds. The smallest absolute Gasteiger partial charge is 0.340 e. The number of para-hydroxylation sites is 1. The number of methoxy groups -OCH3 is 3. The van der Waals surface area contributed by atoms with E-state index in [4.69, 9.17) is 9.47 Å². The third kappa shape index (κ3) is 4.71. The molecule has 0 aliphatic heterocycles. The predicted octanol–water partition coefficient (Wildman–Crippen LogP) is 1.72. The average Bonchev–Trinajstić information content (AvgIpc) is 2.67. The number of rotatable bonds is 6. The van der Waals surface area contributed by atoms with Crippen LogP contribution in [0, 0.1) is 0 Å². The van der Waals surface area contributed by atoms with Gasteiger partial charge in [0, 0.05) is 12.1 Å². The molecule has 1 unspecified atom stereocenters. The number of esters is 1. The summed E-state index contributed by atoms with van der Waals surface area (Å²) in [6.07, 6.45) is 0. The first-order valence-corrected chi connectivity index (χ1v) is 8.42. The van der Waals surface area contributed by atoms with Crippen molar-refractivity contribution in [1.82, 2.24) is 4.98 Å². The molecule has 0 fully saturated rings. The van der Waals surface area contributed by atoms with Gasteiger partial charge in [-0.2, -0.15) is 4.98 Å². The van der Waals surface area contributed by atoms with Crippen LogP contribution in [-0.2, 0) is 16.0 Å². The summed E-state index contributed by atoms with van der Waals surface area (Å²) in [5.74, 6) is -0.325. The standard InChI is InChI=1S/C16H17N3O7S/c1-24-10-8-13(17-14(9-10)25-2)18-16(21)19(27(22)23)12-7-5-4-6-11(12)15(20)26-3/h4-9H,1-3H3,(H,22,23)(H,17,18,21)/p-1. The summed E-state index contributed by atoms with van der Waals surface area (Å²) in [6, 6.07) is 7.39. The van der Waals surface area contributed by atoms with E-state index >= 15 is 0 Å². The number of nitrogens with one attached hydrogen (secondary N) is 1. The van der Waals surface area contributed by atoms with Gasteiger partial charge >= 0.3 is 12.0 Å². The number of pyridine rings is 1. The number of ether oxygens (including phenoxy) is 3. The van der Waals surface area contributed by atoms with Gasteiger partial charge < -0.3 is 18.8 Å². The van der Waals surface area contributed by atoms with Gasteiger partial charge in [-0.25, -0.2) is 13.9 Å². The number of urea groups is 1. The zero-order valence-electron chi connectivity index (χ0n) is 14.6. The van der Waals surface area contributed by atoms with Crippen molar-refractivity contribution in [2.75, 3.05) is 31.0 Å². The number of aromatic nitrogens is 1. The molecule has 27 heavy (non-hydrogen) atoms. The van der Waals surface area contributed by atoms with Crippen molar-refractivity contribution < 1.29 is 32.6 Å². The number of hydrogen-bond acceptors (Lipinski definition) is 8. The molecule has 2 aromatic rings. The van der Waals surface area contributed by atoms with Crippen LogP contribution >= 0.6 is 0 Å². The largest absolute Gasteiger partial charge is 0.755 e. The molecule has 1 aromatic heterocycles. The Morgan fingerprint density at radius 1 is 1.15 bits per heavy atom. The highest BCUT2D eigenvalue weighted by atomic mass is 32.2. The van der Waals surface area contributed by atoms with Gasteiger partial charge in [0.15, 0.2) is 0 Å². The van der Waals surface area contributed by atoms with Gasteiger partial charge in [0.2, 0.25) is 5.88 Å². The quantitative estimate of drug-likeness (QED) is 0.579. The Morgan fingerprint density at radius 2 is 1.85 bits per heavy atom. The zero-order chi connectivity index (χ0) is 20.0. The second-order valence-electron chi connectivity index (χ2n) is 4.88. The number of carbonyl (C=O) groups excluding carboxylic acids is 2. The Morgan fingerprint density at radius 3 is 2.44 bits per heavy atom. The average molecular weight is 394 g/mol. The van der Waals surface area contributed by atoms with Crippen LogP contribution in [-0.4, -0.2) is 47.1 Å². The van der Waals surface area contributed by atoms with E-state index in [0.29, 0.717) is 10.1 Å². The van der Waals surface area contributed by atoms with Gasteiger partial charge in [0.25, 0.3) is 0 Å². The lowest BCUT2D eigenvalue weighted by Crippen LogP contribution is -2.37. The molecule has 0 saturated heterocycles. The van der Waals surface area contributed by atoms with Crippen molar-refractivity contribution in [3.05, 3.63) is 42.0 Å². The number of hydrogen-bond donors (Lipinski definition) is 1. The SMILES string of the molecule is COC(=O)c1ccccc1N(C(=O)Nc1cc(OC)cc(OC)n1)S(=O)[O-]. The van der Waals surface area contributed by atoms with E-state index in [-0.39, 0.29) is 22.9 Å². The molecule has 0 aliphatic carbocycles. The van der Waals surface area contributed by atoms with E-state index in [1.165, 1.54) is 50.6 Å². The minimum atomic E-state index is -3.03. The molecule has 0 saturated carbocycles. The topological polar surface area (TPSA) is 130 Å². The number of nitrogens with zero attached hydrogens (tertiary/aromatic N) is 2. The maximum Gasteiger partial charge on any atom is 0.340 e. The van der Waals surface area contributed by atoms with Crippen molar-refractivity contribution in [3.63, 3.8) is 0 Å². The molecule has 1 N–H and O–H groups in total. The third-order valence-electron chi connectivity index (χ3n) is 3.32. The van der Waals surface area contributed by atoms with Crippen molar-refractivity contribution in [1.29, 1.82) is 0 Å². The Balaban J connectivity index is 2.40. The number of benzene rings is 1. The highest BCUT2D eigenvalue weighted by Gasteiger charge is 2.24. The highest BCUT2D eigenvalue weighted by Crippen LogP contribution is 2.25. The minimum absolute atomic E-state index is 0.0119. The summed E-state index contributed by atoms with van der Waals surface area (Å²) < 4.78 is 38.4. The molecular formula is C16H16N3O7S-. The van der Waals surface area contributed by atoms with Gasteiger partial charge in [0.05, 0.1) is 43.8 Å². The van der Waals surface area contributed by atoms with Crippen molar-refractivity contribution in [3.8, 4) is 11.6 Å². The van der Waals surface area contributed by atoms with Gasteiger partial charge in [0.1, 0.15) is 11.6 Å². The molecule has 1 atom stereocenters. The van der Waals surface area contributed by atoms with Crippen LogP contribution < -0.4 is 19.1 Å². The van der Waals surface area contributed by atoms with Crippen LogP contribution in [0.3, 0.4) is 0 Å². The number of anilines is 2. The summed E-state index contributed by atoms with van der Waals surface area (Å²) in [6.45, 7) is 0. The molecule has 10 nitrogen and oxygen atoms in total. The fourth-order valence-electron chi connectivity index (χ4n) is 2.12. The lowest BCUT2D eigenvalue weighted by molar-refractivity contribution is 0.0602. The Bertz CT molecular complexity index is 853. The highest BCUT2D eigenvalue weighted by molar-refractivity contribution is 7.81. The molecule has 0 radical (unpaired) electrons. The summed E-state index contributed by atoms with van der Waals surface area (Å²) in [5, 5.41) is 2.33. The van der Waals surface area contributed by atoms with Crippen LogP contribution in [0.15, 0.2) is 36.4 Å². The Labute approximate surface area is 157 Å². The lowest BCUT2D eigenvalue weighted by atomic mass is 10.2. The molecule has 2 rings (SSSR count). The summed E-state index contributed by atoms with van der Waals surface area (Å²) >= 11 is -3.03. The molecule has 1 heterocycles. The first-order valence-electron chi connectivity index (χ1n) is 7.39. The van der Waals surface area contributed by atoms with E-state index in [2.05, 4.69) is 15.0 Å². The molecule has 144 valence electrons. The van der Waals surface area contributed by atoms with E-state index in [0.717, 1.165) is 7.11 Å². The normalized spacial score (nSPS) is 11.3. The molecule has 0 bridgehead atoms. The summed E-state index contributed by atoms with van der Waals surface area (Å²) in [5.41, 5.74) is -0.277. The van der Waals surface area contributed by atoms with Crippen molar-refractivity contribution in [2.24, 2.45) is 0 Å².